The third-order valence-electron chi connectivity index (χ3n) is 2.54. The van der Waals surface area contributed by atoms with E-state index in [1.165, 1.54) is 0 Å². The first-order valence-electron chi connectivity index (χ1n) is 5.27. The predicted octanol–water partition coefficient (Wildman–Crippen LogP) is 0.513. The van der Waals surface area contributed by atoms with Crippen LogP contribution in [0.3, 0.4) is 0 Å². The number of nitrogens with zero attached hydrogens (tertiary/aromatic N) is 2. The Hall–Kier alpha value is -0.0600. The van der Waals surface area contributed by atoms with Gasteiger partial charge in [-0.15, -0.1) is 0 Å². The first kappa shape index (κ1) is 12.0. The Morgan fingerprint density at radius 3 is 2.29 bits per heavy atom. The second-order valence-electron chi connectivity index (χ2n) is 3.90. The zero-order valence-corrected chi connectivity index (χ0v) is 9.80. The average molecular weight is 216 g/mol. The van der Waals surface area contributed by atoms with E-state index in [-0.39, 0.29) is 5.78 Å². The van der Waals surface area contributed by atoms with Crippen molar-refractivity contribution in [3.8, 4) is 0 Å². The standard InChI is InChI=1S/C10H20N2OS/c1-10(13)9-12-6-4-11(5-7-12)3-2-8-14/h14H,2-9H2,1H3. The molecule has 1 saturated heterocycles. The number of rotatable bonds is 5. The highest BCUT2D eigenvalue weighted by atomic mass is 32.1. The summed E-state index contributed by atoms with van der Waals surface area (Å²) in [6.07, 6.45) is 1.16. The zero-order valence-electron chi connectivity index (χ0n) is 8.91. The summed E-state index contributed by atoms with van der Waals surface area (Å²) in [5.74, 6) is 1.24. The highest BCUT2D eigenvalue weighted by Gasteiger charge is 2.16. The minimum Gasteiger partial charge on any atom is -0.301 e. The van der Waals surface area contributed by atoms with Crippen LogP contribution in [0.5, 0.6) is 0 Å². The number of hydrogen-bond donors (Lipinski definition) is 1. The number of carbonyl (C=O) groups excluding carboxylic acids is 1. The molecule has 4 heteroatoms. The van der Waals surface area contributed by atoms with Gasteiger partial charge in [0.15, 0.2) is 0 Å². The van der Waals surface area contributed by atoms with E-state index in [4.69, 9.17) is 0 Å². The van der Waals surface area contributed by atoms with Crippen LogP contribution in [0, 0.1) is 0 Å². The van der Waals surface area contributed by atoms with Crippen LogP contribution in [0.4, 0.5) is 0 Å². The van der Waals surface area contributed by atoms with E-state index in [1.807, 2.05) is 0 Å². The summed E-state index contributed by atoms with van der Waals surface area (Å²) in [6, 6.07) is 0. The number of thiol groups is 1. The lowest BCUT2D eigenvalue weighted by Crippen LogP contribution is -2.47. The van der Waals surface area contributed by atoms with Gasteiger partial charge in [0, 0.05) is 26.2 Å². The van der Waals surface area contributed by atoms with Crippen LogP contribution < -0.4 is 0 Å². The molecule has 0 amide bonds. The van der Waals surface area contributed by atoms with Crippen molar-refractivity contribution in [3.05, 3.63) is 0 Å². The van der Waals surface area contributed by atoms with Crippen molar-refractivity contribution >= 4 is 18.4 Å². The van der Waals surface area contributed by atoms with Crippen LogP contribution in [0.1, 0.15) is 13.3 Å². The van der Waals surface area contributed by atoms with E-state index in [2.05, 4.69) is 22.4 Å². The largest absolute Gasteiger partial charge is 0.301 e. The highest BCUT2D eigenvalue weighted by molar-refractivity contribution is 7.80. The van der Waals surface area contributed by atoms with Gasteiger partial charge in [-0.1, -0.05) is 0 Å². The summed E-state index contributed by atoms with van der Waals surface area (Å²) >= 11 is 4.20. The summed E-state index contributed by atoms with van der Waals surface area (Å²) in [6.45, 7) is 7.70. The van der Waals surface area contributed by atoms with Crippen molar-refractivity contribution in [2.45, 2.75) is 13.3 Å². The number of carbonyl (C=O) groups is 1. The van der Waals surface area contributed by atoms with Crippen LogP contribution in [-0.2, 0) is 4.79 Å². The molecule has 0 spiro atoms. The predicted molar refractivity (Wildman–Crippen MR) is 62.0 cm³/mol. The third-order valence-corrected chi connectivity index (χ3v) is 2.86. The SMILES string of the molecule is CC(=O)CN1CCN(CCCS)CC1. The van der Waals surface area contributed by atoms with Crippen LogP contribution >= 0.6 is 12.6 Å². The molecule has 0 aromatic carbocycles. The average Bonchev–Trinajstić information content (AvgIpc) is 2.16. The molecule has 0 saturated carbocycles. The summed E-state index contributed by atoms with van der Waals surface area (Å²) in [7, 11) is 0. The molecule has 3 nitrogen and oxygen atoms in total. The first-order chi connectivity index (χ1) is 6.72. The lowest BCUT2D eigenvalue weighted by molar-refractivity contribution is -0.118. The molecule has 0 atom stereocenters. The molecular formula is C10H20N2OS. The minimum atomic E-state index is 0.272. The molecule has 1 aliphatic rings. The molecule has 0 N–H and O–H groups in total. The normalized spacial score (nSPS) is 19.9. The van der Waals surface area contributed by atoms with Crippen molar-refractivity contribution in [2.75, 3.05) is 45.0 Å². The highest BCUT2D eigenvalue weighted by Crippen LogP contribution is 2.02. The molecule has 14 heavy (non-hydrogen) atoms. The lowest BCUT2D eigenvalue weighted by atomic mass is 10.3. The molecule has 1 heterocycles. The quantitative estimate of drug-likeness (QED) is 0.678. The van der Waals surface area contributed by atoms with Gasteiger partial charge in [0.25, 0.3) is 0 Å². The first-order valence-corrected chi connectivity index (χ1v) is 5.90. The summed E-state index contributed by atoms with van der Waals surface area (Å²) in [4.78, 5) is 15.6. The Morgan fingerprint density at radius 2 is 1.79 bits per heavy atom. The molecule has 0 aromatic heterocycles. The molecule has 1 aliphatic heterocycles. The second kappa shape index (κ2) is 6.43. The number of ketones is 1. The van der Waals surface area contributed by atoms with Gasteiger partial charge in [0.2, 0.25) is 0 Å². The van der Waals surface area contributed by atoms with Crippen LogP contribution in [0.25, 0.3) is 0 Å². The Bertz CT molecular complexity index is 179. The van der Waals surface area contributed by atoms with E-state index >= 15 is 0 Å². The number of hydrogen-bond acceptors (Lipinski definition) is 4. The Balaban J connectivity index is 2.14. The second-order valence-corrected chi connectivity index (χ2v) is 4.34. The summed E-state index contributed by atoms with van der Waals surface area (Å²) < 4.78 is 0. The Kier molecular flexibility index (Phi) is 5.52. The van der Waals surface area contributed by atoms with Gasteiger partial charge in [-0.05, 0) is 25.6 Å². The molecule has 1 fully saturated rings. The number of piperazine rings is 1. The van der Waals surface area contributed by atoms with Gasteiger partial charge in [-0.3, -0.25) is 9.69 Å². The minimum absolute atomic E-state index is 0.272. The molecule has 1 rings (SSSR count). The fourth-order valence-electron chi connectivity index (χ4n) is 1.78. The molecule has 0 radical (unpaired) electrons. The van der Waals surface area contributed by atoms with Crippen molar-refractivity contribution in [1.29, 1.82) is 0 Å². The maximum Gasteiger partial charge on any atom is 0.143 e. The molecular weight excluding hydrogens is 196 g/mol. The molecule has 82 valence electrons. The summed E-state index contributed by atoms with van der Waals surface area (Å²) in [5.41, 5.74) is 0. The maximum absolute atomic E-state index is 10.9. The third kappa shape index (κ3) is 4.44. The van der Waals surface area contributed by atoms with Crippen LogP contribution in [0.2, 0.25) is 0 Å². The number of Topliss-reactive ketones (excluding diaryl/α,β-unsaturated/α-hetero) is 1. The Morgan fingerprint density at radius 1 is 1.21 bits per heavy atom. The molecule has 0 aromatic rings. The van der Waals surface area contributed by atoms with Crippen LogP contribution in [-0.4, -0.2) is 60.6 Å². The molecule has 0 unspecified atom stereocenters. The van der Waals surface area contributed by atoms with Gasteiger partial charge in [-0.25, -0.2) is 0 Å². The van der Waals surface area contributed by atoms with Gasteiger partial charge < -0.3 is 4.90 Å². The van der Waals surface area contributed by atoms with Crippen molar-refractivity contribution in [3.63, 3.8) is 0 Å². The monoisotopic (exact) mass is 216 g/mol. The molecule has 0 bridgehead atoms. The lowest BCUT2D eigenvalue weighted by Gasteiger charge is -2.33. The van der Waals surface area contributed by atoms with Gasteiger partial charge in [0.1, 0.15) is 5.78 Å². The van der Waals surface area contributed by atoms with Crippen molar-refractivity contribution < 1.29 is 4.79 Å². The van der Waals surface area contributed by atoms with Crippen molar-refractivity contribution in [2.24, 2.45) is 0 Å². The van der Waals surface area contributed by atoms with Gasteiger partial charge in [-0.2, -0.15) is 12.6 Å². The smallest absolute Gasteiger partial charge is 0.143 e. The molecule has 0 aliphatic carbocycles. The maximum atomic E-state index is 10.9. The van der Waals surface area contributed by atoms with E-state index in [0.717, 1.165) is 44.9 Å². The van der Waals surface area contributed by atoms with E-state index in [1.54, 1.807) is 6.92 Å². The van der Waals surface area contributed by atoms with Gasteiger partial charge >= 0.3 is 0 Å². The van der Waals surface area contributed by atoms with E-state index in [9.17, 15) is 4.79 Å². The van der Waals surface area contributed by atoms with Crippen molar-refractivity contribution in [1.82, 2.24) is 9.80 Å². The summed E-state index contributed by atoms with van der Waals surface area (Å²) in [5, 5.41) is 0. The zero-order chi connectivity index (χ0) is 10.4. The van der Waals surface area contributed by atoms with E-state index < -0.39 is 0 Å². The van der Waals surface area contributed by atoms with Crippen LogP contribution in [0.15, 0.2) is 0 Å². The van der Waals surface area contributed by atoms with Gasteiger partial charge in [0.05, 0.1) is 6.54 Å². The topological polar surface area (TPSA) is 23.6 Å². The van der Waals surface area contributed by atoms with E-state index in [0.29, 0.717) is 6.54 Å². The fourth-order valence-corrected chi connectivity index (χ4v) is 1.92. The Labute approximate surface area is 91.9 Å². The fraction of sp³-hybridized carbons (Fsp3) is 0.900.